The summed E-state index contributed by atoms with van der Waals surface area (Å²) in [7, 11) is -8.31. The summed E-state index contributed by atoms with van der Waals surface area (Å²) < 4.78 is 69.7. The molecule has 0 aliphatic carbocycles. The summed E-state index contributed by atoms with van der Waals surface area (Å²) in [6, 6.07) is 3.61. The van der Waals surface area contributed by atoms with Gasteiger partial charge in [-0.2, -0.15) is 8.78 Å². The molecule has 0 radical (unpaired) electrons. The van der Waals surface area contributed by atoms with Crippen molar-refractivity contribution in [1.82, 2.24) is 0 Å². The first kappa shape index (κ1) is 15.3. The van der Waals surface area contributed by atoms with E-state index in [2.05, 4.69) is 0 Å². The van der Waals surface area contributed by atoms with Gasteiger partial charge in [0.15, 0.2) is 9.84 Å². The summed E-state index contributed by atoms with van der Waals surface area (Å²) in [6.07, 6.45) is 0. The van der Waals surface area contributed by atoms with Crippen LogP contribution >= 0.6 is 11.6 Å². The van der Waals surface area contributed by atoms with E-state index in [0.29, 0.717) is 0 Å². The van der Waals surface area contributed by atoms with Crippen LogP contribution in [-0.4, -0.2) is 34.2 Å². The highest BCUT2D eigenvalue weighted by Gasteiger charge is 2.26. The average Bonchev–Trinajstić information content (AvgIpc) is 2.29. The van der Waals surface area contributed by atoms with Crippen LogP contribution in [0.15, 0.2) is 34.1 Å². The van der Waals surface area contributed by atoms with Gasteiger partial charge in [-0.15, -0.1) is 11.6 Å². The first-order valence-electron chi connectivity index (χ1n) is 4.62. The van der Waals surface area contributed by atoms with Crippen LogP contribution in [0, 0.1) is 0 Å². The van der Waals surface area contributed by atoms with Gasteiger partial charge in [-0.1, -0.05) is 0 Å². The van der Waals surface area contributed by atoms with E-state index in [1.807, 2.05) is 0 Å². The number of hydrogen-bond donors (Lipinski definition) is 0. The molecule has 4 nitrogen and oxygen atoms in total. The Morgan fingerprint density at radius 2 is 1.44 bits per heavy atom. The minimum atomic E-state index is -4.71. The van der Waals surface area contributed by atoms with E-state index in [0.717, 1.165) is 24.3 Å². The lowest BCUT2D eigenvalue weighted by molar-refractivity contribution is 0.234. The van der Waals surface area contributed by atoms with Crippen molar-refractivity contribution in [3.05, 3.63) is 24.3 Å². The van der Waals surface area contributed by atoms with Gasteiger partial charge < -0.3 is 0 Å². The number of hydrogen-bond acceptors (Lipinski definition) is 4. The van der Waals surface area contributed by atoms with E-state index in [1.54, 1.807) is 0 Å². The van der Waals surface area contributed by atoms with Crippen molar-refractivity contribution in [2.24, 2.45) is 0 Å². The Bertz CT molecular complexity index is 608. The fourth-order valence-corrected chi connectivity index (χ4v) is 3.48. The van der Waals surface area contributed by atoms with Crippen LogP contribution in [0.25, 0.3) is 0 Å². The lowest BCUT2D eigenvalue weighted by Crippen LogP contribution is -2.12. The van der Waals surface area contributed by atoms with Crippen molar-refractivity contribution in [2.45, 2.75) is 15.5 Å². The molecule has 102 valence electrons. The number of benzene rings is 1. The SMILES string of the molecule is O=S(=O)(CCCl)c1ccc(S(=O)(=O)C(F)F)cc1. The molecule has 1 rings (SSSR count). The van der Waals surface area contributed by atoms with Crippen LogP contribution < -0.4 is 0 Å². The standard InChI is InChI=1S/C9H9ClF2O4S2/c10-5-6-17(13,14)7-1-3-8(4-2-7)18(15,16)9(11)12/h1-4,9H,5-6H2. The number of rotatable bonds is 5. The maximum atomic E-state index is 12.2. The summed E-state index contributed by atoms with van der Waals surface area (Å²) in [5, 5.41) is 0. The van der Waals surface area contributed by atoms with Crippen LogP contribution in [-0.2, 0) is 19.7 Å². The number of sulfone groups is 2. The summed E-state index contributed by atoms with van der Waals surface area (Å²) in [4.78, 5) is -0.779. The van der Waals surface area contributed by atoms with Gasteiger partial charge in [0.2, 0.25) is 9.84 Å². The molecule has 0 saturated heterocycles. The van der Waals surface area contributed by atoms with E-state index < -0.39 is 30.3 Å². The molecule has 0 aliphatic heterocycles. The van der Waals surface area contributed by atoms with Crippen molar-refractivity contribution in [2.75, 3.05) is 11.6 Å². The molecule has 0 aliphatic rings. The molecule has 0 saturated carbocycles. The second-order valence-electron chi connectivity index (χ2n) is 3.28. The van der Waals surface area contributed by atoms with Gasteiger partial charge in [-0.3, -0.25) is 0 Å². The minimum Gasteiger partial charge on any atom is -0.224 e. The van der Waals surface area contributed by atoms with Crippen molar-refractivity contribution >= 4 is 31.3 Å². The summed E-state index contributed by atoms with van der Waals surface area (Å²) in [5.41, 5.74) is 0. The number of halogens is 3. The van der Waals surface area contributed by atoms with Gasteiger partial charge in [-0.05, 0) is 24.3 Å². The molecule has 9 heteroatoms. The normalized spacial score (nSPS) is 12.9. The van der Waals surface area contributed by atoms with Crippen LogP contribution in [0.4, 0.5) is 8.78 Å². The van der Waals surface area contributed by atoms with E-state index in [-0.39, 0.29) is 16.5 Å². The predicted octanol–water partition coefficient (Wildman–Crippen LogP) is 1.70. The maximum Gasteiger partial charge on any atom is 0.341 e. The molecule has 0 atom stereocenters. The summed E-state index contributed by atoms with van der Waals surface area (Å²) in [6.45, 7) is 0. The Morgan fingerprint density at radius 3 is 1.83 bits per heavy atom. The van der Waals surface area contributed by atoms with E-state index >= 15 is 0 Å². The van der Waals surface area contributed by atoms with Gasteiger partial charge in [0.1, 0.15) is 0 Å². The third-order valence-corrected chi connectivity index (χ3v) is 5.64. The Hall–Kier alpha value is -0.730. The van der Waals surface area contributed by atoms with Gasteiger partial charge in [0, 0.05) is 5.88 Å². The molecule has 0 aromatic heterocycles. The number of alkyl halides is 3. The van der Waals surface area contributed by atoms with Crippen LogP contribution in [0.5, 0.6) is 0 Å². The first-order chi connectivity index (χ1) is 8.21. The second kappa shape index (κ2) is 5.50. The van der Waals surface area contributed by atoms with Crippen LogP contribution in [0.1, 0.15) is 0 Å². The summed E-state index contributed by atoms with van der Waals surface area (Å²) in [5.74, 6) is -3.96. The van der Waals surface area contributed by atoms with Crippen LogP contribution in [0.3, 0.4) is 0 Å². The molecule has 1 aromatic rings. The Labute approximate surface area is 108 Å². The fraction of sp³-hybridized carbons (Fsp3) is 0.333. The molecule has 0 N–H and O–H groups in total. The molecule has 1 aromatic carbocycles. The Morgan fingerprint density at radius 1 is 1.00 bits per heavy atom. The van der Waals surface area contributed by atoms with Gasteiger partial charge in [-0.25, -0.2) is 16.8 Å². The van der Waals surface area contributed by atoms with Crippen molar-refractivity contribution < 1.29 is 25.6 Å². The monoisotopic (exact) mass is 318 g/mol. The van der Waals surface area contributed by atoms with E-state index in [4.69, 9.17) is 11.6 Å². The van der Waals surface area contributed by atoms with Gasteiger partial charge >= 0.3 is 5.76 Å². The topological polar surface area (TPSA) is 68.3 Å². The molecular formula is C9H9ClF2O4S2. The smallest absolute Gasteiger partial charge is 0.224 e. The predicted molar refractivity (Wildman–Crippen MR) is 62.4 cm³/mol. The Kier molecular flexibility index (Phi) is 4.68. The molecule has 18 heavy (non-hydrogen) atoms. The largest absolute Gasteiger partial charge is 0.341 e. The average molecular weight is 319 g/mol. The van der Waals surface area contributed by atoms with E-state index in [9.17, 15) is 25.6 Å². The summed E-state index contributed by atoms with van der Waals surface area (Å²) >= 11 is 5.31. The third kappa shape index (κ3) is 3.18. The Balaban J connectivity index is 3.16. The molecule has 0 fully saturated rings. The van der Waals surface area contributed by atoms with E-state index in [1.165, 1.54) is 0 Å². The molecule has 0 bridgehead atoms. The maximum absolute atomic E-state index is 12.2. The molecular weight excluding hydrogens is 310 g/mol. The van der Waals surface area contributed by atoms with Crippen molar-refractivity contribution in [3.8, 4) is 0 Å². The first-order valence-corrected chi connectivity index (χ1v) is 8.36. The molecule has 0 amide bonds. The van der Waals surface area contributed by atoms with Gasteiger partial charge in [0.25, 0.3) is 0 Å². The van der Waals surface area contributed by atoms with Gasteiger partial charge in [0.05, 0.1) is 15.5 Å². The lowest BCUT2D eigenvalue weighted by atomic mass is 10.4. The molecule has 0 unspecified atom stereocenters. The zero-order valence-electron chi connectivity index (χ0n) is 8.88. The van der Waals surface area contributed by atoms with Crippen molar-refractivity contribution in [1.29, 1.82) is 0 Å². The zero-order valence-corrected chi connectivity index (χ0v) is 11.3. The third-order valence-electron chi connectivity index (χ3n) is 2.09. The minimum absolute atomic E-state index is 0.112. The molecule has 0 spiro atoms. The van der Waals surface area contributed by atoms with Crippen molar-refractivity contribution in [3.63, 3.8) is 0 Å². The highest BCUT2D eigenvalue weighted by Crippen LogP contribution is 2.20. The fourth-order valence-electron chi connectivity index (χ4n) is 1.16. The second-order valence-corrected chi connectivity index (χ2v) is 7.69. The molecule has 0 heterocycles. The van der Waals surface area contributed by atoms with Crippen LogP contribution in [0.2, 0.25) is 0 Å². The highest BCUT2D eigenvalue weighted by atomic mass is 35.5. The quantitative estimate of drug-likeness (QED) is 0.775. The lowest BCUT2D eigenvalue weighted by Gasteiger charge is -2.05. The highest BCUT2D eigenvalue weighted by molar-refractivity contribution is 7.92. The zero-order chi connectivity index (χ0) is 14.0.